The van der Waals surface area contributed by atoms with Crippen LogP contribution in [0.2, 0.25) is 0 Å². The summed E-state index contributed by atoms with van der Waals surface area (Å²) in [6, 6.07) is 0. The average Bonchev–Trinajstić information content (AvgIpc) is 0.918. The Kier molecular flexibility index (Phi) is 93.4. The van der Waals surface area contributed by atoms with E-state index in [0.29, 0.717) is 0 Å². The zero-order chi connectivity index (χ0) is 2.71. The molecule has 0 bridgehead atoms. The van der Waals surface area contributed by atoms with Gasteiger partial charge in [0, 0.05) is 0 Å². The van der Waals surface area contributed by atoms with Crippen LogP contribution in [0.5, 0.6) is 0 Å². The van der Waals surface area contributed by atoms with Crippen LogP contribution in [0, 0.1) is 4.91 Å². The van der Waals surface area contributed by atoms with Crippen molar-refractivity contribution in [3.05, 3.63) is 4.91 Å². The summed E-state index contributed by atoms with van der Waals surface area (Å²) in [4.78, 5) is 8.11. The van der Waals surface area contributed by atoms with Gasteiger partial charge in [-0.1, -0.05) is 0 Å². The Labute approximate surface area is 132 Å². The van der Waals surface area contributed by atoms with Crippen molar-refractivity contribution < 1.29 is 63.7 Å². The maximum Gasteiger partial charge on any atom is 2.00 e. The molecular weight excluding hydrogens is 149 g/mol. The van der Waals surface area contributed by atoms with Crippen LogP contribution in [-0.4, -0.2) is 66.0 Å². The van der Waals surface area contributed by atoms with Gasteiger partial charge in [0.25, 0.3) is 0 Å². The van der Waals surface area contributed by atoms with Crippen molar-refractivity contribution in [2.24, 2.45) is 5.34 Å². The molecule has 0 aliphatic rings. The Hall–Kier alpha value is 3.06. The first-order chi connectivity index (χ1) is 1.41. The molecule has 0 fully saturated rings. The van der Waals surface area contributed by atoms with Crippen LogP contribution in [0.15, 0.2) is 5.34 Å². The van der Waals surface area contributed by atoms with E-state index in [1.54, 1.807) is 0 Å². The predicted molar refractivity (Wildman–Crippen MR) is 24.6 cm³/mol. The summed E-state index contributed by atoms with van der Waals surface area (Å²) < 4.78 is 0. The molecule has 0 aromatic carbocycles. The minimum Gasteiger partial charge on any atom is -1.00 e. The minimum absolute atomic E-state index is 0. The van der Waals surface area contributed by atoms with Crippen molar-refractivity contribution in [3.8, 4) is 0 Å². The first kappa shape index (κ1) is 23.0. The van der Waals surface area contributed by atoms with Gasteiger partial charge in [0.2, 0.25) is 0 Å². The topological polar surface area (TPSA) is 49.7 Å². The first-order valence-corrected chi connectivity index (χ1v) is 0.383. The molecule has 0 spiro atoms. The molecule has 0 unspecified atom stereocenters. The first-order valence-electron chi connectivity index (χ1n) is 0.383. The van der Waals surface area contributed by atoms with Crippen LogP contribution < -0.4 is 51.4 Å². The maximum absolute atomic E-state index is 8.11. The van der Waals surface area contributed by atoms with Gasteiger partial charge >= 0.3 is 112 Å². The molecule has 6 heavy (non-hydrogen) atoms. The van der Waals surface area contributed by atoms with Crippen LogP contribution in [-0.2, 0) is 0 Å². The van der Waals surface area contributed by atoms with Crippen LogP contribution in [0.4, 0.5) is 0 Å². The third-order valence-corrected chi connectivity index (χ3v) is 0. The third kappa shape index (κ3) is 27.7. The summed E-state index contributed by atoms with van der Waals surface area (Å²) in [5.41, 5.74) is 0. The molecule has 0 radical (unpaired) electrons. The summed E-state index contributed by atoms with van der Waals surface area (Å²) in [5, 5.41) is 7.89. The average molecular weight is 156 g/mol. The molecule has 6 heteroatoms. The Balaban J connectivity index is -0.000000000714. The van der Waals surface area contributed by atoms with E-state index in [1.165, 1.54) is 5.34 Å². The molecule has 0 atom stereocenters. The Bertz CT molecular complexity index is 32.0. The van der Waals surface area contributed by atoms with Gasteiger partial charge in [0.1, 0.15) is 0 Å². The molecule has 3 nitrogen and oxygen atoms in total. The van der Waals surface area contributed by atoms with E-state index in [4.69, 9.17) is 10.1 Å². The predicted octanol–water partition coefficient (Wildman–Crippen LogP) is -3.05. The van der Waals surface area contributed by atoms with E-state index in [1.807, 2.05) is 0 Å². The molecule has 0 rings (SSSR count). The van der Waals surface area contributed by atoms with Gasteiger partial charge in [-0.15, -0.1) is 4.91 Å². The van der Waals surface area contributed by atoms with E-state index in [9.17, 15) is 0 Å². The number of nitrogens with zero attached hydrogens (tertiary/aromatic N) is 1. The minimum atomic E-state index is 0. The normalized spacial score (nSPS) is 2.00. The fourth-order valence-electron chi connectivity index (χ4n) is 0. The molecule has 0 saturated carbocycles. The largest absolute Gasteiger partial charge is 2.00 e. The Morgan fingerprint density at radius 3 is 1.67 bits per heavy atom. The van der Waals surface area contributed by atoms with Crippen molar-refractivity contribution in [1.29, 1.82) is 0 Å². The number of hydrogen-bond acceptors (Lipinski definition) is 2. The summed E-state index contributed by atoms with van der Waals surface area (Å²) >= 11 is 0. The van der Waals surface area contributed by atoms with E-state index in [-0.39, 0.29) is 119 Å². The van der Waals surface area contributed by atoms with Crippen LogP contribution in [0.25, 0.3) is 0 Å². The molecule has 0 heterocycles. The summed E-state index contributed by atoms with van der Waals surface area (Å²) in [6.45, 7) is 0. The van der Waals surface area contributed by atoms with Crippen LogP contribution in [0.3, 0.4) is 0 Å². The quantitative estimate of drug-likeness (QED) is 0.230. The summed E-state index contributed by atoms with van der Waals surface area (Å²) in [5.74, 6) is 0. The second-order valence-electron chi connectivity index (χ2n) is 0.0816. The van der Waals surface area contributed by atoms with Gasteiger partial charge in [-0.3, -0.25) is 0 Å². The standard InChI is InChI=1S/Ca.K.Mg.HNO2.5H/c;;;2-1-3;;;;;/h;;;(H,2,3);;;;;/q+2;+1;+2;;5*-1. The zero-order valence-electron chi connectivity index (χ0n) is 8.72. The molecule has 0 aliphatic heterocycles. The molecule has 0 aromatic rings. The van der Waals surface area contributed by atoms with Crippen molar-refractivity contribution in [2.45, 2.75) is 0 Å². The van der Waals surface area contributed by atoms with Gasteiger partial charge in [0.15, 0.2) is 5.34 Å². The zero-order valence-corrected chi connectivity index (χ0v) is 10.5. The van der Waals surface area contributed by atoms with E-state index < -0.39 is 0 Å². The van der Waals surface area contributed by atoms with Gasteiger partial charge in [-0.25, -0.2) is 0 Å². The number of hydrogen-bond donors (Lipinski definition) is 1. The molecule has 0 amide bonds. The van der Waals surface area contributed by atoms with E-state index in [2.05, 4.69) is 0 Å². The van der Waals surface area contributed by atoms with Crippen LogP contribution >= 0.6 is 0 Å². The second-order valence-corrected chi connectivity index (χ2v) is 0.0816. The smallest absolute Gasteiger partial charge is 1.00 e. The Morgan fingerprint density at radius 2 is 1.67 bits per heavy atom. The van der Waals surface area contributed by atoms with Gasteiger partial charge in [0.05, 0.1) is 0 Å². The molecule has 1 N–H and O–H groups in total. The molecule has 0 aliphatic carbocycles. The molecule has 0 aromatic heterocycles. The van der Waals surface area contributed by atoms with Crippen LogP contribution in [0.1, 0.15) is 7.13 Å². The van der Waals surface area contributed by atoms with E-state index >= 15 is 0 Å². The van der Waals surface area contributed by atoms with Gasteiger partial charge < -0.3 is 12.3 Å². The monoisotopic (exact) mass is 155 g/mol. The van der Waals surface area contributed by atoms with Crippen molar-refractivity contribution >= 4 is 60.8 Å². The third-order valence-electron chi connectivity index (χ3n) is 0. The summed E-state index contributed by atoms with van der Waals surface area (Å²) in [7, 11) is 0. The van der Waals surface area contributed by atoms with Gasteiger partial charge in [-0.05, 0) is 0 Å². The maximum atomic E-state index is 8.11. The van der Waals surface area contributed by atoms with Gasteiger partial charge in [-0.2, -0.15) is 0 Å². The number of rotatable bonds is 0. The molecule has 28 valence electrons. The van der Waals surface area contributed by atoms with Crippen molar-refractivity contribution in [2.75, 3.05) is 0 Å². The molecular formula is H6CaKMgNO2. The SMILES string of the molecule is O=NO.[Ca+2].[H-].[H-].[H-].[H-].[H-].[K+].[Mg+2]. The fraction of sp³-hybridized carbons (Fsp3) is 0. The summed E-state index contributed by atoms with van der Waals surface area (Å²) in [6.07, 6.45) is 0. The van der Waals surface area contributed by atoms with E-state index in [0.717, 1.165) is 0 Å². The Morgan fingerprint density at radius 1 is 1.67 bits per heavy atom. The fourth-order valence-corrected chi connectivity index (χ4v) is 0. The second kappa shape index (κ2) is 24.4. The molecule has 0 saturated heterocycles. The van der Waals surface area contributed by atoms with Crippen molar-refractivity contribution in [3.63, 3.8) is 0 Å². The van der Waals surface area contributed by atoms with Crippen molar-refractivity contribution in [1.82, 2.24) is 0 Å².